The Balaban J connectivity index is 1.32. The van der Waals surface area contributed by atoms with Crippen molar-refractivity contribution < 1.29 is 19.1 Å². The Kier molecular flexibility index (Phi) is 7.74. The van der Waals surface area contributed by atoms with E-state index in [2.05, 4.69) is 5.32 Å². The van der Waals surface area contributed by atoms with E-state index < -0.39 is 0 Å². The minimum absolute atomic E-state index is 0.0171. The highest BCUT2D eigenvalue weighted by Crippen LogP contribution is 2.24. The van der Waals surface area contributed by atoms with E-state index in [1.807, 2.05) is 55.5 Å². The van der Waals surface area contributed by atoms with Crippen molar-refractivity contribution >= 4 is 39.6 Å². The molecule has 1 amide bonds. The van der Waals surface area contributed by atoms with E-state index in [0.717, 1.165) is 21.4 Å². The smallest absolute Gasteiger partial charge is 0.220 e. The molecule has 0 saturated heterocycles. The highest BCUT2D eigenvalue weighted by Gasteiger charge is 2.12. The molecule has 6 heteroatoms. The number of rotatable bonds is 11. The number of carbonyl (C=O) groups excluding carboxylic acids is 3. The Hall–Kier alpha value is -2.99. The topological polar surface area (TPSA) is 72.5 Å². The molecule has 0 aliphatic heterocycles. The zero-order valence-corrected chi connectivity index (χ0v) is 17.8. The SMILES string of the molecule is Cc1ccc(C(=O)CCC(=O)CCC(=O)NCCOc2cccc3ccccc23)s1. The molecule has 0 spiro atoms. The number of amides is 1. The van der Waals surface area contributed by atoms with Crippen molar-refractivity contribution in [2.75, 3.05) is 13.2 Å². The summed E-state index contributed by atoms with van der Waals surface area (Å²) in [5, 5.41) is 4.90. The molecule has 5 nitrogen and oxygen atoms in total. The molecule has 0 bridgehead atoms. The van der Waals surface area contributed by atoms with Gasteiger partial charge in [0.1, 0.15) is 18.1 Å². The molecule has 0 atom stereocenters. The van der Waals surface area contributed by atoms with Gasteiger partial charge in [-0.25, -0.2) is 0 Å². The minimum atomic E-state index is -0.190. The van der Waals surface area contributed by atoms with Gasteiger partial charge >= 0.3 is 0 Å². The Morgan fingerprint density at radius 2 is 1.67 bits per heavy atom. The molecule has 0 aliphatic rings. The predicted molar refractivity (Wildman–Crippen MR) is 119 cm³/mol. The van der Waals surface area contributed by atoms with Crippen LogP contribution in [0.25, 0.3) is 10.8 Å². The summed E-state index contributed by atoms with van der Waals surface area (Å²) in [6.07, 6.45) is 0.638. The maximum atomic E-state index is 12.0. The number of ketones is 2. The van der Waals surface area contributed by atoms with Crippen molar-refractivity contribution in [3.8, 4) is 5.75 Å². The first-order valence-corrected chi connectivity index (χ1v) is 10.8. The van der Waals surface area contributed by atoms with E-state index in [1.165, 1.54) is 11.3 Å². The summed E-state index contributed by atoms with van der Waals surface area (Å²) in [5.74, 6) is 0.503. The van der Waals surface area contributed by atoms with Gasteiger partial charge in [0.2, 0.25) is 5.91 Å². The molecule has 1 aromatic heterocycles. The number of aryl methyl sites for hydroxylation is 1. The second kappa shape index (κ2) is 10.7. The number of hydrogen-bond acceptors (Lipinski definition) is 5. The van der Waals surface area contributed by atoms with Gasteiger partial charge in [-0.2, -0.15) is 0 Å². The Labute approximate surface area is 180 Å². The zero-order chi connectivity index (χ0) is 21.3. The fourth-order valence-corrected chi connectivity index (χ4v) is 3.93. The van der Waals surface area contributed by atoms with E-state index in [0.29, 0.717) is 18.0 Å². The monoisotopic (exact) mass is 423 g/mol. The van der Waals surface area contributed by atoms with Gasteiger partial charge in [0.05, 0.1) is 11.4 Å². The number of carbonyl (C=O) groups is 3. The predicted octanol–water partition coefficient (Wildman–Crippen LogP) is 4.72. The summed E-state index contributed by atoms with van der Waals surface area (Å²) in [4.78, 5) is 37.7. The molecule has 3 rings (SSSR count). The zero-order valence-electron chi connectivity index (χ0n) is 17.0. The van der Waals surface area contributed by atoms with E-state index >= 15 is 0 Å². The fraction of sp³-hybridized carbons (Fsp3) is 0.292. The minimum Gasteiger partial charge on any atom is -0.491 e. The Bertz CT molecular complexity index is 1040. The van der Waals surface area contributed by atoms with Gasteiger partial charge in [-0.05, 0) is 30.5 Å². The normalized spacial score (nSPS) is 10.7. The van der Waals surface area contributed by atoms with Crippen LogP contribution in [0.15, 0.2) is 54.6 Å². The molecule has 0 aliphatic carbocycles. The number of benzene rings is 2. The molecule has 0 radical (unpaired) electrons. The quantitative estimate of drug-likeness (QED) is 0.358. The van der Waals surface area contributed by atoms with E-state index in [9.17, 15) is 14.4 Å². The number of hydrogen-bond donors (Lipinski definition) is 1. The number of ether oxygens (including phenoxy) is 1. The first-order valence-electron chi connectivity index (χ1n) is 10.0. The lowest BCUT2D eigenvalue weighted by Crippen LogP contribution is -2.28. The summed E-state index contributed by atoms with van der Waals surface area (Å²) in [7, 11) is 0. The first-order chi connectivity index (χ1) is 14.5. The van der Waals surface area contributed by atoms with Gasteiger partial charge in [-0.15, -0.1) is 11.3 Å². The average molecular weight is 424 g/mol. The molecule has 1 heterocycles. The van der Waals surface area contributed by atoms with Gasteiger partial charge < -0.3 is 10.1 Å². The van der Waals surface area contributed by atoms with Crippen LogP contribution in [0.5, 0.6) is 5.75 Å². The summed E-state index contributed by atoms with van der Waals surface area (Å²) in [6.45, 7) is 2.66. The van der Waals surface area contributed by atoms with Gasteiger partial charge in [0.25, 0.3) is 0 Å². The summed E-state index contributed by atoms with van der Waals surface area (Å²) in [5.41, 5.74) is 0. The molecule has 0 fully saturated rings. The van der Waals surface area contributed by atoms with Crippen LogP contribution in [0.3, 0.4) is 0 Å². The van der Waals surface area contributed by atoms with Gasteiger partial charge in [0, 0.05) is 35.9 Å². The number of thiophene rings is 1. The van der Waals surface area contributed by atoms with E-state index in [1.54, 1.807) is 6.07 Å². The molecule has 3 aromatic rings. The Morgan fingerprint density at radius 3 is 2.47 bits per heavy atom. The highest BCUT2D eigenvalue weighted by atomic mass is 32.1. The van der Waals surface area contributed by atoms with Crippen LogP contribution in [0.2, 0.25) is 0 Å². The van der Waals surface area contributed by atoms with Gasteiger partial charge in [-0.3, -0.25) is 14.4 Å². The number of nitrogens with one attached hydrogen (secondary N) is 1. The lowest BCUT2D eigenvalue weighted by Gasteiger charge is -2.10. The maximum absolute atomic E-state index is 12.0. The average Bonchev–Trinajstić information content (AvgIpc) is 3.20. The van der Waals surface area contributed by atoms with Crippen molar-refractivity contribution in [1.82, 2.24) is 5.32 Å². The van der Waals surface area contributed by atoms with E-state index in [4.69, 9.17) is 4.74 Å². The third-order valence-electron chi connectivity index (χ3n) is 4.71. The van der Waals surface area contributed by atoms with Gasteiger partial charge in [0.15, 0.2) is 5.78 Å². The lowest BCUT2D eigenvalue weighted by molar-refractivity contribution is -0.125. The molecule has 156 valence electrons. The molecule has 0 saturated carbocycles. The van der Waals surface area contributed by atoms with Crippen molar-refractivity contribution in [1.29, 1.82) is 0 Å². The highest BCUT2D eigenvalue weighted by molar-refractivity contribution is 7.14. The molecule has 30 heavy (non-hydrogen) atoms. The number of fused-ring (bicyclic) bond motifs is 1. The third-order valence-corrected chi connectivity index (χ3v) is 5.75. The van der Waals surface area contributed by atoms with Crippen LogP contribution in [0.1, 0.15) is 40.2 Å². The molecule has 1 N–H and O–H groups in total. The number of Topliss-reactive ketones (excluding diaryl/α,β-unsaturated/α-hetero) is 2. The molecular formula is C24H25NO4S. The Morgan fingerprint density at radius 1 is 0.900 bits per heavy atom. The summed E-state index contributed by atoms with van der Waals surface area (Å²) >= 11 is 1.44. The lowest BCUT2D eigenvalue weighted by atomic mass is 10.1. The fourth-order valence-electron chi connectivity index (χ4n) is 3.10. The molecular weight excluding hydrogens is 398 g/mol. The standard InChI is InChI=1S/C24H25NO4S/c1-17-9-13-23(30-17)21(27)12-10-19(26)11-14-24(28)25-15-16-29-22-8-4-6-18-5-2-3-7-20(18)22/h2-9,13H,10-12,14-16H2,1H3,(H,25,28). The van der Waals surface area contributed by atoms with E-state index in [-0.39, 0.29) is 43.2 Å². The molecule has 0 unspecified atom stereocenters. The second-order valence-electron chi connectivity index (χ2n) is 7.05. The van der Waals surface area contributed by atoms with Crippen molar-refractivity contribution in [2.45, 2.75) is 32.6 Å². The largest absolute Gasteiger partial charge is 0.491 e. The van der Waals surface area contributed by atoms with Crippen molar-refractivity contribution in [3.63, 3.8) is 0 Å². The maximum Gasteiger partial charge on any atom is 0.220 e. The van der Waals surface area contributed by atoms with Crippen LogP contribution in [-0.4, -0.2) is 30.6 Å². The summed E-state index contributed by atoms with van der Waals surface area (Å²) in [6, 6.07) is 17.5. The third kappa shape index (κ3) is 6.26. The molecule has 2 aromatic carbocycles. The van der Waals surface area contributed by atoms with Crippen LogP contribution >= 0.6 is 11.3 Å². The van der Waals surface area contributed by atoms with Gasteiger partial charge in [-0.1, -0.05) is 36.4 Å². The van der Waals surface area contributed by atoms with Crippen molar-refractivity contribution in [2.24, 2.45) is 0 Å². The van der Waals surface area contributed by atoms with Crippen LogP contribution in [-0.2, 0) is 9.59 Å². The second-order valence-corrected chi connectivity index (χ2v) is 8.34. The van der Waals surface area contributed by atoms with Crippen molar-refractivity contribution in [3.05, 3.63) is 64.4 Å². The van der Waals surface area contributed by atoms with Crippen LogP contribution in [0, 0.1) is 6.92 Å². The summed E-state index contributed by atoms with van der Waals surface area (Å²) < 4.78 is 5.79. The van der Waals surface area contributed by atoms with Crippen LogP contribution in [0.4, 0.5) is 0 Å². The first kappa shape index (κ1) is 21.7. The van der Waals surface area contributed by atoms with Crippen LogP contribution < -0.4 is 10.1 Å².